The minimum Gasteiger partial charge on any atom is -0.462 e. The van der Waals surface area contributed by atoms with Gasteiger partial charge in [0.2, 0.25) is 0 Å². The summed E-state index contributed by atoms with van der Waals surface area (Å²) in [5, 5.41) is 0. The SMILES string of the molecule is CC/C=C\C/C=C\C/C=C\C/C=C\C/C=C\C/C=C\CCCCCCCCCCC(=O)OC(COC(=O)CCCCCCCCC/C=C\C/C=C\CCCCC)COP(=O)(O)OCCN. The van der Waals surface area contributed by atoms with Gasteiger partial charge in [-0.2, -0.15) is 0 Å². The van der Waals surface area contributed by atoms with Crippen LogP contribution < -0.4 is 5.73 Å². The number of hydrogen-bond donors (Lipinski definition) is 2. The Morgan fingerprint density at radius 2 is 0.846 bits per heavy atom. The fourth-order valence-corrected chi connectivity index (χ4v) is 7.43. The maximum absolute atomic E-state index is 12.7. The van der Waals surface area contributed by atoms with Crippen LogP contribution >= 0.6 is 7.82 Å². The van der Waals surface area contributed by atoms with E-state index in [1.165, 1.54) is 70.6 Å². The van der Waals surface area contributed by atoms with E-state index in [-0.39, 0.29) is 32.6 Å². The maximum Gasteiger partial charge on any atom is 0.472 e. The first-order chi connectivity index (χ1) is 31.8. The van der Waals surface area contributed by atoms with Crippen molar-refractivity contribution in [3.05, 3.63) is 97.2 Å². The van der Waals surface area contributed by atoms with Crippen molar-refractivity contribution in [2.45, 2.75) is 213 Å². The Morgan fingerprint density at radius 3 is 1.26 bits per heavy atom. The number of esters is 2. The van der Waals surface area contributed by atoms with Gasteiger partial charge in [-0.1, -0.05) is 195 Å². The average molecular weight is 928 g/mol. The van der Waals surface area contributed by atoms with Gasteiger partial charge >= 0.3 is 19.8 Å². The van der Waals surface area contributed by atoms with Crippen molar-refractivity contribution in [2.24, 2.45) is 5.73 Å². The van der Waals surface area contributed by atoms with Crippen LogP contribution in [0.4, 0.5) is 0 Å². The van der Waals surface area contributed by atoms with E-state index in [1.807, 2.05) is 0 Å². The summed E-state index contributed by atoms with van der Waals surface area (Å²) in [7, 11) is -4.39. The Labute approximate surface area is 397 Å². The summed E-state index contributed by atoms with van der Waals surface area (Å²) >= 11 is 0. The molecular formula is C55H94NO8P. The molecule has 372 valence electrons. The van der Waals surface area contributed by atoms with Gasteiger partial charge in [0.1, 0.15) is 6.61 Å². The number of phosphoric ester groups is 1. The molecule has 0 amide bonds. The average Bonchev–Trinajstić information content (AvgIpc) is 3.30. The van der Waals surface area contributed by atoms with Crippen molar-refractivity contribution in [3.63, 3.8) is 0 Å². The van der Waals surface area contributed by atoms with Crippen LogP contribution in [-0.4, -0.2) is 49.3 Å². The predicted molar refractivity (Wildman–Crippen MR) is 275 cm³/mol. The highest BCUT2D eigenvalue weighted by atomic mass is 31.2. The maximum atomic E-state index is 12.7. The third-order valence-electron chi connectivity index (χ3n) is 10.5. The normalized spacial score (nSPS) is 14.0. The van der Waals surface area contributed by atoms with Crippen molar-refractivity contribution in [2.75, 3.05) is 26.4 Å². The van der Waals surface area contributed by atoms with Crippen LogP contribution in [0.25, 0.3) is 0 Å². The largest absolute Gasteiger partial charge is 0.472 e. The third-order valence-corrected chi connectivity index (χ3v) is 11.4. The van der Waals surface area contributed by atoms with Gasteiger partial charge in [-0.05, 0) is 96.3 Å². The molecule has 0 heterocycles. The number of carbonyl (C=O) groups excluding carboxylic acids is 2. The molecule has 65 heavy (non-hydrogen) atoms. The Morgan fingerprint density at radius 1 is 0.477 bits per heavy atom. The van der Waals surface area contributed by atoms with Crippen LogP contribution in [0.2, 0.25) is 0 Å². The topological polar surface area (TPSA) is 134 Å². The molecule has 0 bridgehead atoms. The second-order valence-corrected chi connectivity index (χ2v) is 18.1. The van der Waals surface area contributed by atoms with Crippen LogP contribution in [0.5, 0.6) is 0 Å². The minimum absolute atomic E-state index is 0.0458. The molecular weight excluding hydrogens is 834 g/mol. The van der Waals surface area contributed by atoms with Crippen LogP contribution in [-0.2, 0) is 32.7 Å². The summed E-state index contributed by atoms with van der Waals surface area (Å²) in [5.74, 6) is -0.852. The molecule has 10 heteroatoms. The first-order valence-electron chi connectivity index (χ1n) is 25.7. The molecule has 0 aliphatic rings. The zero-order valence-corrected chi connectivity index (χ0v) is 42.1. The minimum atomic E-state index is -4.39. The van der Waals surface area contributed by atoms with Crippen molar-refractivity contribution < 1.29 is 37.6 Å². The van der Waals surface area contributed by atoms with Gasteiger partial charge in [0.05, 0.1) is 13.2 Å². The molecule has 9 nitrogen and oxygen atoms in total. The number of ether oxygens (including phenoxy) is 2. The van der Waals surface area contributed by atoms with E-state index in [4.69, 9.17) is 24.3 Å². The van der Waals surface area contributed by atoms with Gasteiger partial charge in [-0.15, -0.1) is 0 Å². The summed E-state index contributed by atoms with van der Waals surface area (Å²) in [6, 6.07) is 0. The van der Waals surface area contributed by atoms with Crippen molar-refractivity contribution in [1.82, 2.24) is 0 Å². The Bertz CT molecular complexity index is 1380. The molecule has 3 N–H and O–H groups in total. The summed E-state index contributed by atoms with van der Waals surface area (Å²) in [5.41, 5.74) is 5.37. The molecule has 2 atom stereocenters. The summed E-state index contributed by atoms with van der Waals surface area (Å²) < 4.78 is 32.9. The molecule has 0 aromatic heterocycles. The number of unbranched alkanes of at least 4 members (excludes halogenated alkanes) is 18. The molecule has 2 unspecified atom stereocenters. The van der Waals surface area contributed by atoms with Gasteiger partial charge in [-0.25, -0.2) is 4.57 Å². The molecule has 0 radical (unpaired) electrons. The fraction of sp³-hybridized carbons (Fsp3) is 0.673. The van der Waals surface area contributed by atoms with E-state index in [1.54, 1.807) is 0 Å². The molecule has 0 aliphatic carbocycles. The van der Waals surface area contributed by atoms with E-state index < -0.39 is 32.5 Å². The van der Waals surface area contributed by atoms with Crippen molar-refractivity contribution >= 4 is 19.8 Å². The monoisotopic (exact) mass is 928 g/mol. The van der Waals surface area contributed by atoms with Crippen LogP contribution in [0.1, 0.15) is 206 Å². The van der Waals surface area contributed by atoms with Gasteiger partial charge in [-0.3, -0.25) is 18.6 Å². The third kappa shape index (κ3) is 50.2. The van der Waals surface area contributed by atoms with Crippen molar-refractivity contribution in [3.8, 4) is 0 Å². The zero-order chi connectivity index (χ0) is 47.4. The Balaban J connectivity index is 4.10. The molecule has 0 saturated carbocycles. The molecule has 0 aromatic carbocycles. The Kier molecular flexibility index (Phi) is 48.0. The Hall–Kier alpha value is -3.07. The fourth-order valence-electron chi connectivity index (χ4n) is 6.67. The number of allylic oxidation sites excluding steroid dienone is 16. The highest BCUT2D eigenvalue weighted by Gasteiger charge is 2.26. The first-order valence-corrected chi connectivity index (χ1v) is 27.2. The van der Waals surface area contributed by atoms with Crippen LogP contribution in [0.3, 0.4) is 0 Å². The highest BCUT2D eigenvalue weighted by molar-refractivity contribution is 7.47. The predicted octanol–water partition coefficient (Wildman–Crippen LogP) is 15.7. The van der Waals surface area contributed by atoms with Gasteiger partial charge < -0.3 is 20.1 Å². The number of nitrogens with two attached hydrogens (primary N) is 1. The summed E-state index contributed by atoms with van der Waals surface area (Å²) in [4.78, 5) is 35.1. The lowest BCUT2D eigenvalue weighted by Gasteiger charge is -2.19. The number of hydrogen-bond acceptors (Lipinski definition) is 8. The van der Waals surface area contributed by atoms with Gasteiger partial charge in [0.15, 0.2) is 6.10 Å². The second-order valence-electron chi connectivity index (χ2n) is 16.7. The van der Waals surface area contributed by atoms with E-state index >= 15 is 0 Å². The smallest absolute Gasteiger partial charge is 0.462 e. The molecule has 0 spiro atoms. The van der Waals surface area contributed by atoms with E-state index in [9.17, 15) is 19.0 Å². The number of carbonyl (C=O) groups is 2. The van der Waals surface area contributed by atoms with Crippen LogP contribution in [0, 0.1) is 0 Å². The standard InChI is InChI=1S/C55H94NO8P/c1-3-5-7-9-11-13-15-17-19-21-22-23-24-25-26-27-28-29-30-32-34-36-38-40-42-44-46-48-55(58)64-53(52-63-65(59,60)62-50-49-56)51-61-54(57)47-45-43-41-39-37-35-33-31-20-18-16-14-12-10-8-6-4-2/h5,7,11-14,17-20,22-23,25-26,28-29,53H,3-4,6,8-10,15-16,21,24,27,30-52,56H2,1-2H3,(H,59,60)/b7-5-,13-11-,14-12-,19-17-,20-18-,23-22-,26-25-,29-28-. The molecule has 0 saturated heterocycles. The van der Waals surface area contributed by atoms with Gasteiger partial charge in [0.25, 0.3) is 0 Å². The lowest BCUT2D eigenvalue weighted by Crippen LogP contribution is -2.29. The number of rotatable bonds is 47. The first kappa shape index (κ1) is 61.9. The van der Waals surface area contributed by atoms with E-state index in [2.05, 4.69) is 111 Å². The summed E-state index contributed by atoms with van der Waals surface area (Å²) in [6.45, 7) is 3.57. The van der Waals surface area contributed by atoms with E-state index in [0.29, 0.717) is 6.42 Å². The number of phosphoric acid groups is 1. The summed E-state index contributed by atoms with van der Waals surface area (Å²) in [6.07, 6.45) is 65.8. The molecule has 0 fully saturated rings. The lowest BCUT2D eigenvalue weighted by atomic mass is 10.1. The van der Waals surface area contributed by atoms with Crippen molar-refractivity contribution in [1.29, 1.82) is 0 Å². The lowest BCUT2D eigenvalue weighted by molar-refractivity contribution is -0.161. The second kappa shape index (κ2) is 50.3. The molecule has 0 aromatic rings. The highest BCUT2D eigenvalue weighted by Crippen LogP contribution is 2.43. The quantitative estimate of drug-likeness (QED) is 0.0265. The zero-order valence-electron chi connectivity index (χ0n) is 41.2. The molecule has 0 rings (SSSR count). The van der Waals surface area contributed by atoms with Gasteiger partial charge in [0, 0.05) is 19.4 Å². The van der Waals surface area contributed by atoms with E-state index in [0.717, 1.165) is 103 Å². The van der Waals surface area contributed by atoms with Crippen LogP contribution in [0.15, 0.2) is 97.2 Å². The molecule has 0 aliphatic heterocycles.